The molecule has 0 spiro atoms. The number of hydrogen-bond acceptors (Lipinski definition) is 3. The lowest BCUT2D eigenvalue weighted by atomic mass is 10.1. The summed E-state index contributed by atoms with van der Waals surface area (Å²) in [5, 5.41) is 4.13. The van der Waals surface area contributed by atoms with Gasteiger partial charge in [-0.15, -0.1) is 0 Å². The second-order valence-electron chi connectivity index (χ2n) is 3.02. The zero-order valence-corrected chi connectivity index (χ0v) is 10.2. The Balaban J connectivity index is 2.68. The van der Waals surface area contributed by atoms with Crippen molar-refractivity contribution in [3.05, 3.63) is 33.8 Å². The smallest absolute Gasteiger partial charge is 0.169 e. The van der Waals surface area contributed by atoms with Crippen LogP contribution in [0.25, 0.3) is 11.3 Å². The van der Waals surface area contributed by atoms with Crippen molar-refractivity contribution in [2.45, 2.75) is 0 Å². The van der Waals surface area contributed by atoms with E-state index in [1.165, 1.54) is 0 Å². The van der Waals surface area contributed by atoms with E-state index in [1.807, 2.05) is 19.2 Å². The molecule has 0 atom stereocenters. The predicted octanol–water partition coefficient (Wildman–Crippen LogP) is 1.90. The van der Waals surface area contributed by atoms with Crippen molar-refractivity contribution in [3.8, 4) is 11.3 Å². The quantitative estimate of drug-likeness (QED) is 0.628. The van der Waals surface area contributed by atoms with Gasteiger partial charge in [-0.25, -0.2) is 0 Å². The molecule has 5 heteroatoms. The van der Waals surface area contributed by atoms with Gasteiger partial charge in [0.15, 0.2) is 6.29 Å². The van der Waals surface area contributed by atoms with Gasteiger partial charge in [0.2, 0.25) is 0 Å². The number of aldehydes is 1. The molecule has 0 aliphatic heterocycles. The van der Waals surface area contributed by atoms with Gasteiger partial charge in [-0.2, -0.15) is 5.10 Å². The second-order valence-corrected chi connectivity index (χ2v) is 4.18. The highest BCUT2D eigenvalue weighted by Crippen LogP contribution is 2.25. The zero-order chi connectivity index (χ0) is 10.8. The van der Waals surface area contributed by atoms with Crippen LogP contribution in [-0.4, -0.2) is 21.1 Å². The summed E-state index contributed by atoms with van der Waals surface area (Å²) in [6.07, 6.45) is 4.13. The Morgan fingerprint density at radius 1 is 1.53 bits per heavy atom. The number of nitrogens with zero attached hydrogens (tertiary/aromatic N) is 3. The fourth-order valence-electron chi connectivity index (χ4n) is 1.43. The summed E-state index contributed by atoms with van der Waals surface area (Å²) in [5.41, 5.74) is 2.18. The van der Waals surface area contributed by atoms with Crippen LogP contribution in [0.15, 0.2) is 24.5 Å². The molecular formula is C10H8IN3O. The topological polar surface area (TPSA) is 47.8 Å². The van der Waals surface area contributed by atoms with Crippen LogP contribution in [0.5, 0.6) is 0 Å². The fourth-order valence-corrected chi connectivity index (χ4v) is 2.19. The first-order chi connectivity index (χ1) is 7.24. The van der Waals surface area contributed by atoms with E-state index in [9.17, 15) is 4.79 Å². The van der Waals surface area contributed by atoms with Crippen LogP contribution in [0.4, 0.5) is 0 Å². The first-order valence-electron chi connectivity index (χ1n) is 4.32. The standard InChI is InChI=1S/C10H8IN3O/c1-14-10(8(11)5-13-14)7-3-2-4-12-9(7)6-15/h2-6H,1H3. The molecule has 0 N–H and O–H groups in total. The lowest BCUT2D eigenvalue weighted by Crippen LogP contribution is -1.99. The lowest BCUT2D eigenvalue weighted by molar-refractivity contribution is 0.111. The van der Waals surface area contributed by atoms with Crippen molar-refractivity contribution in [2.24, 2.45) is 7.05 Å². The van der Waals surface area contributed by atoms with E-state index in [0.717, 1.165) is 21.1 Å². The van der Waals surface area contributed by atoms with Gasteiger partial charge in [-0.1, -0.05) is 0 Å². The molecule has 15 heavy (non-hydrogen) atoms. The van der Waals surface area contributed by atoms with Crippen molar-refractivity contribution in [1.29, 1.82) is 0 Å². The monoisotopic (exact) mass is 313 g/mol. The average molecular weight is 313 g/mol. The lowest BCUT2D eigenvalue weighted by Gasteiger charge is -2.04. The van der Waals surface area contributed by atoms with Crippen LogP contribution in [0.2, 0.25) is 0 Å². The molecule has 76 valence electrons. The first kappa shape index (κ1) is 10.3. The number of carbonyl (C=O) groups is 1. The van der Waals surface area contributed by atoms with Gasteiger partial charge in [0.1, 0.15) is 5.69 Å². The summed E-state index contributed by atoms with van der Waals surface area (Å²) in [6, 6.07) is 3.68. The fraction of sp³-hybridized carbons (Fsp3) is 0.100. The maximum Gasteiger partial charge on any atom is 0.169 e. The normalized spacial score (nSPS) is 10.3. The second kappa shape index (κ2) is 4.09. The number of hydrogen-bond donors (Lipinski definition) is 0. The summed E-state index contributed by atoms with van der Waals surface area (Å²) in [5.74, 6) is 0. The molecule has 0 aliphatic rings. The van der Waals surface area contributed by atoms with Crippen LogP contribution in [-0.2, 0) is 7.05 Å². The molecule has 0 bridgehead atoms. The van der Waals surface area contributed by atoms with Crippen LogP contribution in [0.3, 0.4) is 0 Å². The molecule has 0 saturated heterocycles. The van der Waals surface area contributed by atoms with Crippen LogP contribution in [0, 0.1) is 3.57 Å². The SMILES string of the molecule is Cn1ncc(I)c1-c1cccnc1C=O. The van der Waals surface area contributed by atoms with Gasteiger partial charge >= 0.3 is 0 Å². The van der Waals surface area contributed by atoms with Gasteiger partial charge in [-0.3, -0.25) is 14.5 Å². The molecule has 0 fully saturated rings. The highest BCUT2D eigenvalue weighted by molar-refractivity contribution is 14.1. The number of aromatic nitrogens is 3. The third kappa shape index (κ3) is 1.79. The summed E-state index contributed by atoms with van der Waals surface area (Å²) >= 11 is 2.19. The number of halogens is 1. The molecule has 2 heterocycles. The van der Waals surface area contributed by atoms with E-state index in [2.05, 4.69) is 32.7 Å². The van der Waals surface area contributed by atoms with Crippen molar-refractivity contribution >= 4 is 28.9 Å². The van der Waals surface area contributed by atoms with E-state index < -0.39 is 0 Å². The Morgan fingerprint density at radius 2 is 2.33 bits per heavy atom. The summed E-state index contributed by atoms with van der Waals surface area (Å²) in [7, 11) is 1.85. The third-order valence-corrected chi connectivity index (χ3v) is 2.89. The highest BCUT2D eigenvalue weighted by atomic mass is 127. The molecule has 0 amide bonds. The van der Waals surface area contributed by atoms with Crippen molar-refractivity contribution in [2.75, 3.05) is 0 Å². The third-order valence-electron chi connectivity index (χ3n) is 2.10. The van der Waals surface area contributed by atoms with Crippen LogP contribution in [0.1, 0.15) is 10.5 Å². The Labute approximate surface area is 100 Å². The summed E-state index contributed by atoms with van der Waals surface area (Å²) in [6.45, 7) is 0. The van der Waals surface area contributed by atoms with E-state index in [1.54, 1.807) is 17.1 Å². The zero-order valence-electron chi connectivity index (χ0n) is 8.01. The summed E-state index contributed by atoms with van der Waals surface area (Å²) < 4.78 is 2.75. The minimum Gasteiger partial charge on any atom is -0.296 e. The number of carbonyl (C=O) groups excluding carboxylic acids is 1. The maximum absolute atomic E-state index is 10.9. The molecule has 4 nitrogen and oxygen atoms in total. The minimum atomic E-state index is 0.444. The van der Waals surface area contributed by atoms with E-state index in [0.29, 0.717) is 5.69 Å². The Kier molecular flexibility index (Phi) is 2.81. The van der Waals surface area contributed by atoms with Gasteiger partial charge in [0, 0.05) is 18.8 Å². The molecule has 2 aromatic heterocycles. The van der Waals surface area contributed by atoms with Crippen LogP contribution < -0.4 is 0 Å². The molecule has 0 unspecified atom stereocenters. The van der Waals surface area contributed by atoms with Crippen molar-refractivity contribution < 1.29 is 4.79 Å². The van der Waals surface area contributed by atoms with Crippen molar-refractivity contribution in [1.82, 2.24) is 14.8 Å². The first-order valence-corrected chi connectivity index (χ1v) is 5.40. The molecule has 2 aromatic rings. The molecule has 0 aromatic carbocycles. The average Bonchev–Trinajstić information content (AvgIpc) is 2.59. The maximum atomic E-state index is 10.9. The van der Waals surface area contributed by atoms with Crippen LogP contribution >= 0.6 is 22.6 Å². The van der Waals surface area contributed by atoms with Crippen molar-refractivity contribution in [3.63, 3.8) is 0 Å². The molecular weight excluding hydrogens is 305 g/mol. The Morgan fingerprint density at radius 3 is 2.93 bits per heavy atom. The summed E-state index contributed by atoms with van der Waals surface area (Å²) in [4.78, 5) is 14.9. The molecule has 0 radical (unpaired) electrons. The Hall–Kier alpha value is -1.24. The molecule has 2 rings (SSSR count). The molecule has 0 aliphatic carbocycles. The van der Waals surface area contributed by atoms with Gasteiger partial charge < -0.3 is 0 Å². The number of rotatable bonds is 2. The van der Waals surface area contributed by atoms with E-state index in [4.69, 9.17) is 0 Å². The number of aryl methyl sites for hydroxylation is 1. The van der Waals surface area contributed by atoms with Gasteiger partial charge in [-0.05, 0) is 34.7 Å². The predicted molar refractivity (Wildman–Crippen MR) is 64.5 cm³/mol. The van der Waals surface area contributed by atoms with Gasteiger partial charge in [0.05, 0.1) is 15.5 Å². The van der Waals surface area contributed by atoms with E-state index in [-0.39, 0.29) is 0 Å². The highest BCUT2D eigenvalue weighted by Gasteiger charge is 2.12. The number of pyridine rings is 1. The largest absolute Gasteiger partial charge is 0.296 e. The minimum absolute atomic E-state index is 0.444. The van der Waals surface area contributed by atoms with E-state index >= 15 is 0 Å². The van der Waals surface area contributed by atoms with Gasteiger partial charge in [0.25, 0.3) is 0 Å². The Bertz CT molecular complexity index is 488. The molecule has 0 saturated carbocycles.